The minimum absolute atomic E-state index is 0.137. The van der Waals surface area contributed by atoms with Crippen molar-refractivity contribution in [1.82, 2.24) is 5.32 Å². The molecule has 1 unspecified atom stereocenters. The first-order chi connectivity index (χ1) is 37.3. The summed E-state index contributed by atoms with van der Waals surface area (Å²) >= 11 is 0. The number of amides is 1. The normalized spacial score (nSPS) is 20.6. The fourth-order valence-corrected chi connectivity index (χ4v) is 13.7. The number of carbonyl (C=O) groups is 2. The number of hydrogen-bond acceptors (Lipinski definition) is 16. The summed E-state index contributed by atoms with van der Waals surface area (Å²) in [6.45, 7) is 5.56. The topological polar surface area (TPSA) is 212 Å². The van der Waals surface area contributed by atoms with Gasteiger partial charge >= 0.3 is 12.1 Å². The van der Waals surface area contributed by atoms with Crippen molar-refractivity contribution in [2.75, 3.05) is 80.6 Å². The van der Waals surface area contributed by atoms with Gasteiger partial charge in [-0.1, -0.05) is 154 Å². The number of fused-ring (bicyclic) bond motifs is 3. The van der Waals surface area contributed by atoms with Crippen molar-refractivity contribution < 1.29 is 71.6 Å². The van der Waals surface area contributed by atoms with Gasteiger partial charge in [0.25, 0.3) is 7.82 Å². The molecule has 78 heavy (non-hydrogen) atoms. The molecular weight excluding hydrogens is 1060 g/mol. The number of methoxy groups -OCH3 is 2. The molecule has 6 atom stereocenters. The fourth-order valence-electron chi connectivity index (χ4n) is 10.5. The molecule has 0 aromatic heterocycles. The number of phosphoric acid groups is 1. The Kier molecular flexibility index (Phi) is 26.9. The summed E-state index contributed by atoms with van der Waals surface area (Å²) in [5.74, 6) is -0.664. The molecular formula is C59H91N2O14PS2. The molecule has 1 amide bonds. The van der Waals surface area contributed by atoms with Gasteiger partial charge in [-0.25, -0.2) is 4.79 Å². The number of esters is 1. The van der Waals surface area contributed by atoms with Gasteiger partial charge < -0.3 is 62.7 Å². The lowest BCUT2D eigenvalue weighted by molar-refractivity contribution is -0.870. The van der Waals surface area contributed by atoms with Gasteiger partial charge in [-0.05, 0) is 74.4 Å². The SMILES string of the molecule is COC(=O)[C@H]1[C@@H](O)[C@@]2(O)c3c(CO)cc(OCCCCNC(=O)OCC(C)(C)SSCCCCCCCCCCCCCCCCCCOP(=O)([O-])OCC[N+](C)(C)C)cc3O[C@@]2(c2ccc(OC)cc2)[C@@H]1c1ccccc1. The minimum atomic E-state index is -4.20. The van der Waals surface area contributed by atoms with Crippen molar-refractivity contribution in [2.24, 2.45) is 5.92 Å². The van der Waals surface area contributed by atoms with Gasteiger partial charge in [0.2, 0.25) is 0 Å². The maximum atomic E-state index is 13.6. The van der Waals surface area contributed by atoms with E-state index in [4.69, 9.17) is 32.7 Å². The number of alkyl carbamates (subject to hydrolysis) is 1. The molecule has 1 aliphatic heterocycles. The Hall–Kier alpha value is -3.55. The van der Waals surface area contributed by atoms with Crippen LogP contribution in [0.2, 0.25) is 0 Å². The number of unbranched alkanes of at least 4 members (excludes halogenated alkanes) is 16. The number of aliphatic hydroxyl groups excluding tert-OH is 2. The summed E-state index contributed by atoms with van der Waals surface area (Å²) in [6.07, 6.45) is 18.4. The average Bonchev–Trinajstić information content (AvgIpc) is 3.89. The van der Waals surface area contributed by atoms with E-state index in [1.807, 2.05) is 62.3 Å². The van der Waals surface area contributed by atoms with Crippen molar-refractivity contribution >= 4 is 41.5 Å². The van der Waals surface area contributed by atoms with E-state index in [0.29, 0.717) is 53.0 Å². The molecule has 438 valence electrons. The second-order valence-corrected chi connectivity index (χ2v) is 26.9. The molecule has 1 saturated carbocycles. The third-order valence-electron chi connectivity index (χ3n) is 14.6. The Morgan fingerprint density at radius 1 is 0.782 bits per heavy atom. The monoisotopic (exact) mass is 1150 g/mol. The number of carbonyl (C=O) groups excluding carboxylic acids is 2. The number of rotatable bonds is 39. The van der Waals surface area contributed by atoms with E-state index in [-0.39, 0.29) is 48.1 Å². The zero-order valence-electron chi connectivity index (χ0n) is 47.5. The van der Waals surface area contributed by atoms with Gasteiger partial charge in [-0.3, -0.25) is 9.36 Å². The van der Waals surface area contributed by atoms with E-state index >= 15 is 0 Å². The van der Waals surface area contributed by atoms with E-state index in [1.165, 1.54) is 90.6 Å². The number of nitrogens with zero attached hydrogens (tertiary/aromatic N) is 1. The Morgan fingerprint density at radius 2 is 1.36 bits per heavy atom. The zero-order chi connectivity index (χ0) is 56.7. The third kappa shape index (κ3) is 19.0. The van der Waals surface area contributed by atoms with Crippen molar-refractivity contribution in [3.63, 3.8) is 0 Å². The number of nitrogens with one attached hydrogen (secondary N) is 1. The molecule has 3 aromatic rings. The maximum Gasteiger partial charge on any atom is 0.407 e. The number of benzene rings is 3. The van der Waals surface area contributed by atoms with Crippen LogP contribution in [0.25, 0.3) is 0 Å². The average molecular weight is 1150 g/mol. The fraction of sp³-hybridized carbons (Fsp3) is 0.661. The summed E-state index contributed by atoms with van der Waals surface area (Å²) in [4.78, 5) is 38.0. The highest BCUT2D eigenvalue weighted by Gasteiger charge is 2.78. The van der Waals surface area contributed by atoms with E-state index in [9.17, 15) is 34.4 Å². The molecule has 1 heterocycles. The van der Waals surface area contributed by atoms with Gasteiger partial charge in [-0.2, -0.15) is 0 Å². The Balaban J connectivity index is 0.903. The lowest BCUT2D eigenvalue weighted by atomic mass is 9.70. The summed E-state index contributed by atoms with van der Waals surface area (Å²) < 4.78 is 51.5. The van der Waals surface area contributed by atoms with Crippen LogP contribution in [0.3, 0.4) is 0 Å². The van der Waals surface area contributed by atoms with E-state index < -0.39 is 55.6 Å². The van der Waals surface area contributed by atoms with Crippen molar-refractivity contribution in [3.8, 4) is 17.2 Å². The van der Waals surface area contributed by atoms with Crippen LogP contribution in [0.4, 0.5) is 4.79 Å². The molecule has 4 N–H and O–H groups in total. The van der Waals surface area contributed by atoms with Gasteiger partial charge in [0.1, 0.15) is 43.1 Å². The smallest absolute Gasteiger partial charge is 0.407 e. The summed E-state index contributed by atoms with van der Waals surface area (Å²) in [7, 11) is 8.14. The first-order valence-corrected chi connectivity index (χ1v) is 32.0. The molecule has 16 nitrogen and oxygen atoms in total. The second kappa shape index (κ2) is 32.2. The molecule has 0 spiro atoms. The van der Waals surface area contributed by atoms with Crippen LogP contribution in [-0.4, -0.2) is 123 Å². The van der Waals surface area contributed by atoms with Gasteiger partial charge in [0.05, 0.1) is 65.8 Å². The zero-order valence-corrected chi connectivity index (χ0v) is 50.0. The highest BCUT2D eigenvalue weighted by Crippen LogP contribution is 2.69. The van der Waals surface area contributed by atoms with Crippen molar-refractivity contribution in [2.45, 2.75) is 164 Å². The highest BCUT2D eigenvalue weighted by atomic mass is 33.1. The van der Waals surface area contributed by atoms with E-state index in [0.717, 1.165) is 25.0 Å². The predicted molar refractivity (Wildman–Crippen MR) is 307 cm³/mol. The Morgan fingerprint density at radius 3 is 1.94 bits per heavy atom. The number of ether oxygens (including phenoxy) is 5. The molecule has 2 aliphatic rings. The molecule has 1 aliphatic carbocycles. The quantitative estimate of drug-likeness (QED) is 0.0138. The maximum absolute atomic E-state index is 13.6. The molecule has 3 aromatic carbocycles. The first-order valence-electron chi connectivity index (χ1n) is 28.2. The van der Waals surface area contributed by atoms with Crippen molar-refractivity contribution in [3.05, 3.63) is 89.0 Å². The van der Waals surface area contributed by atoms with Gasteiger partial charge in [-0.15, -0.1) is 0 Å². The summed E-state index contributed by atoms with van der Waals surface area (Å²) in [5, 5.41) is 38.9. The van der Waals surface area contributed by atoms with Gasteiger partial charge in [0, 0.05) is 29.8 Å². The first kappa shape index (κ1) is 65.3. The number of likely N-dealkylation sites (N-methyl/N-ethyl adjacent to an activating group) is 1. The number of hydrogen-bond donors (Lipinski definition) is 4. The van der Waals surface area contributed by atoms with Crippen LogP contribution in [0.5, 0.6) is 17.2 Å². The third-order valence-corrected chi connectivity index (χ3v) is 18.9. The largest absolute Gasteiger partial charge is 0.756 e. The van der Waals surface area contributed by atoms with Crippen LogP contribution < -0.4 is 24.4 Å². The molecule has 19 heteroatoms. The van der Waals surface area contributed by atoms with Crippen LogP contribution in [0, 0.1) is 5.92 Å². The van der Waals surface area contributed by atoms with Crippen LogP contribution in [0.1, 0.15) is 158 Å². The second-order valence-electron chi connectivity index (χ2n) is 22.3. The van der Waals surface area contributed by atoms with E-state index in [2.05, 4.69) is 19.2 Å². The lowest BCUT2D eigenvalue weighted by Crippen LogP contribution is -2.52. The summed E-state index contributed by atoms with van der Waals surface area (Å²) in [5.41, 5.74) is -2.40. The van der Waals surface area contributed by atoms with Crippen LogP contribution in [0.15, 0.2) is 66.7 Å². The molecule has 5 rings (SSSR count). The number of phosphoric ester groups is 1. The molecule has 0 radical (unpaired) electrons. The lowest BCUT2D eigenvalue weighted by Gasteiger charge is -2.41. The van der Waals surface area contributed by atoms with Crippen LogP contribution in [-0.2, 0) is 45.7 Å². The standard InChI is InChI=1S/C59H91N2O14PS2/c1-57(2,78-77-40-28-21-19-17-15-13-11-9-8-10-12-14-16-18-20-26-38-73-76(67,68)74-39-36-61(3,4)5)44-72-56(65)60-35-25-27-37-71-49-41-46(43-62)52-50(42-49)75-59(47-31-33-48(69-6)34-32-47)53(45-29-23-22-24-30-45)51(55(64)70-7)54(63)58(52,59)66/h22-24,29-34,41-42,51,53-54,62-63,66H,8-21,25-28,35-40,43-44H2,1-7H3,(H-,60,65,67,68)/t51-,53-,54-,58+,59+/m1/s1. The number of aliphatic hydroxyl groups is 3. The highest BCUT2D eigenvalue weighted by molar-refractivity contribution is 8.77. The van der Waals surface area contributed by atoms with E-state index in [1.54, 1.807) is 54.3 Å². The minimum Gasteiger partial charge on any atom is -0.756 e. The number of quaternary nitrogens is 1. The summed E-state index contributed by atoms with van der Waals surface area (Å²) in [6, 6.07) is 19.3. The predicted octanol–water partition coefficient (Wildman–Crippen LogP) is 11.1. The van der Waals surface area contributed by atoms with Crippen molar-refractivity contribution in [1.29, 1.82) is 0 Å². The Labute approximate surface area is 473 Å². The van der Waals surface area contributed by atoms with Crippen LogP contribution >= 0.6 is 29.4 Å². The molecule has 0 saturated heterocycles. The molecule has 0 bridgehead atoms. The van der Waals surface area contributed by atoms with Gasteiger partial charge in [0.15, 0.2) is 11.2 Å². The Bertz CT molecular complexity index is 2310. The molecule has 1 fully saturated rings.